The molecule has 2 aromatic rings. The number of anilines is 2. The zero-order chi connectivity index (χ0) is 26.1. The Morgan fingerprint density at radius 1 is 1.36 bits per heavy atom. The molecule has 0 unspecified atom stereocenters. The number of pyridine rings is 2. The van der Waals surface area contributed by atoms with Crippen molar-refractivity contribution < 1.29 is 19.4 Å². The third-order valence-corrected chi connectivity index (χ3v) is 8.21. The Labute approximate surface area is 221 Å². The van der Waals surface area contributed by atoms with Crippen molar-refractivity contribution in [3.05, 3.63) is 35.1 Å². The largest absolute Gasteiger partial charge is 0.444 e. The lowest BCUT2D eigenvalue weighted by Gasteiger charge is -2.43. The first kappa shape index (κ1) is 26.8. The molecule has 2 saturated heterocycles. The van der Waals surface area contributed by atoms with E-state index in [4.69, 9.17) is 26.8 Å². The first-order valence-corrected chi connectivity index (χ1v) is 13.3. The minimum Gasteiger partial charge on any atom is -0.444 e. The van der Waals surface area contributed by atoms with Crippen LogP contribution in [0.3, 0.4) is 0 Å². The highest BCUT2D eigenvalue weighted by Gasteiger charge is 2.50. The van der Waals surface area contributed by atoms with Gasteiger partial charge in [-0.3, -0.25) is 0 Å². The fourth-order valence-electron chi connectivity index (χ4n) is 4.90. The predicted octanol–water partition coefficient (Wildman–Crippen LogP) is 4.25. The topological polar surface area (TPSA) is 123 Å². The van der Waals surface area contributed by atoms with Crippen LogP contribution < -0.4 is 16.0 Å². The molecule has 0 radical (unpaired) electrons. The second-order valence-corrected chi connectivity index (χ2v) is 11.8. The number of hydrogen-bond donors (Lipinski definition) is 3. The second-order valence-electron chi connectivity index (χ2n) is 10.4. The number of aromatic nitrogens is 2. The SMILES string of the molecule is C[C@@H]1OCC2(CCN(c3ccc(Sc4ccnc(N)c4Cl)nc3CO)CC2)[C@@H]1NC(=O)OC(C)(C)C. The Bertz CT molecular complexity index is 1100. The molecule has 4 heterocycles. The summed E-state index contributed by atoms with van der Waals surface area (Å²) in [6.45, 7) is 9.50. The zero-order valence-electron chi connectivity index (χ0n) is 21.1. The van der Waals surface area contributed by atoms with Gasteiger partial charge < -0.3 is 30.5 Å². The van der Waals surface area contributed by atoms with Gasteiger partial charge >= 0.3 is 6.09 Å². The van der Waals surface area contributed by atoms with E-state index in [-0.39, 0.29) is 30.0 Å². The lowest BCUT2D eigenvalue weighted by Crippen LogP contribution is -2.55. The summed E-state index contributed by atoms with van der Waals surface area (Å²) in [4.78, 5) is 24.2. The molecule has 0 aromatic carbocycles. The average Bonchev–Trinajstić information content (AvgIpc) is 3.11. The Morgan fingerprint density at radius 3 is 2.75 bits per heavy atom. The molecule has 0 bridgehead atoms. The van der Waals surface area contributed by atoms with Gasteiger partial charge in [0.1, 0.15) is 16.4 Å². The summed E-state index contributed by atoms with van der Waals surface area (Å²) in [5, 5.41) is 14.3. The van der Waals surface area contributed by atoms with Crippen LogP contribution in [0.25, 0.3) is 0 Å². The normalized spacial score (nSPS) is 21.6. The summed E-state index contributed by atoms with van der Waals surface area (Å²) < 4.78 is 11.5. The highest BCUT2D eigenvalue weighted by atomic mass is 35.5. The maximum atomic E-state index is 12.5. The van der Waals surface area contributed by atoms with Gasteiger partial charge in [0, 0.05) is 29.6 Å². The predicted molar refractivity (Wildman–Crippen MR) is 140 cm³/mol. The van der Waals surface area contributed by atoms with Gasteiger partial charge in [-0.1, -0.05) is 23.4 Å². The van der Waals surface area contributed by atoms with E-state index in [1.54, 1.807) is 12.3 Å². The number of nitrogen functional groups attached to an aromatic ring is 1. The third kappa shape index (κ3) is 5.82. The fraction of sp³-hybridized carbons (Fsp3) is 0.560. The molecular weight excluding hydrogens is 502 g/mol. The molecule has 2 aliphatic rings. The number of ether oxygens (including phenoxy) is 2. The molecule has 36 heavy (non-hydrogen) atoms. The fourth-order valence-corrected chi connectivity index (χ4v) is 5.97. The smallest absolute Gasteiger partial charge is 0.407 e. The van der Waals surface area contributed by atoms with E-state index in [1.807, 2.05) is 39.8 Å². The molecule has 2 atom stereocenters. The van der Waals surface area contributed by atoms with Crippen molar-refractivity contribution in [1.82, 2.24) is 15.3 Å². The number of aliphatic hydroxyl groups is 1. The van der Waals surface area contributed by atoms with Gasteiger partial charge in [-0.15, -0.1) is 0 Å². The number of hydrogen-bond acceptors (Lipinski definition) is 9. The van der Waals surface area contributed by atoms with Crippen LogP contribution in [0.15, 0.2) is 34.3 Å². The molecule has 0 saturated carbocycles. The van der Waals surface area contributed by atoms with Crippen LogP contribution in [0.1, 0.15) is 46.2 Å². The van der Waals surface area contributed by atoms with E-state index in [9.17, 15) is 9.90 Å². The maximum Gasteiger partial charge on any atom is 0.407 e. The molecule has 4 N–H and O–H groups in total. The van der Waals surface area contributed by atoms with Crippen molar-refractivity contribution >= 4 is 41.0 Å². The second kappa shape index (κ2) is 10.6. The van der Waals surface area contributed by atoms with Crippen molar-refractivity contribution in [1.29, 1.82) is 0 Å². The van der Waals surface area contributed by atoms with Gasteiger partial charge in [0.25, 0.3) is 0 Å². The number of carbonyl (C=O) groups excluding carboxylic acids is 1. The Morgan fingerprint density at radius 2 is 2.08 bits per heavy atom. The van der Waals surface area contributed by atoms with Gasteiger partial charge in [-0.25, -0.2) is 14.8 Å². The van der Waals surface area contributed by atoms with Crippen molar-refractivity contribution in [2.45, 2.75) is 74.8 Å². The number of nitrogens with two attached hydrogens (primary N) is 1. The zero-order valence-corrected chi connectivity index (χ0v) is 22.7. The lowest BCUT2D eigenvalue weighted by atomic mass is 9.73. The molecule has 9 nitrogen and oxygen atoms in total. The molecule has 2 aliphatic heterocycles. The van der Waals surface area contributed by atoms with Crippen LogP contribution in [0.5, 0.6) is 0 Å². The van der Waals surface area contributed by atoms with Gasteiger partial charge in [-0.05, 0) is 58.7 Å². The van der Waals surface area contributed by atoms with Crippen LogP contribution in [0.4, 0.5) is 16.3 Å². The van der Waals surface area contributed by atoms with Crippen molar-refractivity contribution in [3.8, 4) is 0 Å². The molecule has 11 heteroatoms. The summed E-state index contributed by atoms with van der Waals surface area (Å²) in [6, 6.07) is 5.57. The van der Waals surface area contributed by atoms with E-state index in [0.29, 0.717) is 22.3 Å². The average molecular weight is 536 g/mol. The summed E-state index contributed by atoms with van der Waals surface area (Å²) >= 11 is 7.65. The van der Waals surface area contributed by atoms with Crippen LogP contribution in [-0.4, -0.2) is 58.6 Å². The van der Waals surface area contributed by atoms with Gasteiger partial charge in [0.05, 0.1) is 41.8 Å². The number of alkyl carbamates (subject to hydrolysis) is 1. The summed E-state index contributed by atoms with van der Waals surface area (Å²) in [7, 11) is 0. The number of nitrogens with one attached hydrogen (secondary N) is 1. The first-order chi connectivity index (χ1) is 17.0. The van der Waals surface area contributed by atoms with E-state index >= 15 is 0 Å². The Balaban J connectivity index is 1.45. The summed E-state index contributed by atoms with van der Waals surface area (Å²) in [6.07, 6.45) is 2.77. The van der Waals surface area contributed by atoms with Gasteiger partial charge in [-0.2, -0.15) is 0 Å². The highest BCUT2D eigenvalue weighted by Crippen LogP contribution is 2.44. The first-order valence-electron chi connectivity index (χ1n) is 12.1. The molecule has 4 rings (SSSR count). The van der Waals surface area contributed by atoms with Crippen LogP contribution in [0.2, 0.25) is 5.02 Å². The monoisotopic (exact) mass is 535 g/mol. The molecule has 2 fully saturated rings. The number of piperidine rings is 1. The number of nitrogens with zero attached hydrogens (tertiary/aromatic N) is 3. The molecular formula is C25H34ClN5O4S. The summed E-state index contributed by atoms with van der Waals surface area (Å²) in [5.41, 5.74) is 6.60. The minimum atomic E-state index is -0.559. The highest BCUT2D eigenvalue weighted by molar-refractivity contribution is 7.99. The van der Waals surface area contributed by atoms with Crippen LogP contribution in [0, 0.1) is 5.41 Å². The number of rotatable bonds is 5. The third-order valence-electron chi connectivity index (χ3n) is 6.70. The molecule has 1 amide bonds. The van der Waals surface area contributed by atoms with E-state index in [0.717, 1.165) is 36.5 Å². The van der Waals surface area contributed by atoms with E-state index in [2.05, 4.69) is 20.2 Å². The van der Waals surface area contributed by atoms with E-state index in [1.165, 1.54) is 11.8 Å². The number of aliphatic hydroxyl groups excluding tert-OH is 1. The molecule has 196 valence electrons. The number of halogens is 1. The van der Waals surface area contributed by atoms with Crippen molar-refractivity contribution in [2.24, 2.45) is 5.41 Å². The van der Waals surface area contributed by atoms with Crippen LogP contribution >= 0.6 is 23.4 Å². The van der Waals surface area contributed by atoms with Gasteiger partial charge in [0.2, 0.25) is 0 Å². The van der Waals surface area contributed by atoms with Crippen LogP contribution in [-0.2, 0) is 16.1 Å². The summed E-state index contributed by atoms with van der Waals surface area (Å²) in [5.74, 6) is 0.271. The Hall–Kier alpha value is -2.27. The molecule has 2 aromatic heterocycles. The number of amides is 1. The standard InChI is InChI=1S/C25H34ClN5O4S/c1-15-21(30-23(33)35-24(2,3)4)25(14-34-15)8-11-31(12-9-25)17-5-6-19(29-16(17)13-32)36-18-7-10-28-22(27)20(18)26/h5-7,10,15,21,32H,8-9,11-14H2,1-4H3,(H2,27,28)(H,30,33)/t15-,21+/m0/s1. The van der Waals surface area contributed by atoms with Gasteiger partial charge in [0.15, 0.2) is 0 Å². The molecule has 0 aliphatic carbocycles. The molecule has 1 spiro atoms. The lowest BCUT2D eigenvalue weighted by molar-refractivity contribution is 0.0434. The minimum absolute atomic E-state index is 0.0934. The Kier molecular flexibility index (Phi) is 7.89. The van der Waals surface area contributed by atoms with Crippen molar-refractivity contribution in [2.75, 3.05) is 30.3 Å². The van der Waals surface area contributed by atoms with E-state index < -0.39 is 11.7 Å². The maximum absolute atomic E-state index is 12.5. The number of carbonyl (C=O) groups is 1. The quantitative estimate of drug-likeness (QED) is 0.515. The van der Waals surface area contributed by atoms with Crippen molar-refractivity contribution in [3.63, 3.8) is 0 Å².